The fraction of sp³-hybridized carbons (Fsp3) is 0.176. The maximum Gasteiger partial charge on any atom is 0.276 e. The monoisotopic (exact) mass is 456 g/mol. The molecule has 0 aliphatic heterocycles. The Balaban J connectivity index is 2.12. The zero-order chi connectivity index (χ0) is 17.3. The standard InChI is InChI=1S/C17H14FIN2O2S/c1-9-5-12-15(16(22)21-23-2)14(24-17(12)20-8-9)6-10-3-4-11(19)7-13(10)18/h3-5,7-8H,6H2,1-2H3,(H,21,22). The molecule has 3 aromatic rings. The molecule has 0 radical (unpaired) electrons. The summed E-state index contributed by atoms with van der Waals surface area (Å²) in [6.07, 6.45) is 2.08. The fourth-order valence-corrected chi connectivity index (χ4v) is 4.09. The molecule has 1 N–H and O–H groups in total. The topological polar surface area (TPSA) is 51.2 Å². The first kappa shape index (κ1) is 17.2. The number of benzene rings is 1. The minimum Gasteiger partial charge on any atom is -0.277 e. The van der Waals surface area contributed by atoms with E-state index in [-0.39, 0.29) is 11.7 Å². The molecule has 4 nitrogen and oxygen atoms in total. The van der Waals surface area contributed by atoms with E-state index >= 15 is 0 Å². The zero-order valence-electron chi connectivity index (χ0n) is 13.0. The first-order valence-corrected chi connectivity index (χ1v) is 9.04. The third-order valence-corrected chi connectivity index (χ3v) is 5.33. The number of amides is 1. The van der Waals surface area contributed by atoms with E-state index in [1.165, 1.54) is 24.5 Å². The van der Waals surface area contributed by atoms with Gasteiger partial charge in [0.05, 0.1) is 12.7 Å². The average Bonchev–Trinajstić information content (AvgIpc) is 2.87. The highest BCUT2D eigenvalue weighted by Crippen LogP contribution is 2.33. The number of thiophene rings is 1. The molecule has 7 heteroatoms. The van der Waals surface area contributed by atoms with Crippen LogP contribution in [-0.4, -0.2) is 18.0 Å². The van der Waals surface area contributed by atoms with Crippen molar-refractivity contribution in [2.45, 2.75) is 13.3 Å². The second-order valence-electron chi connectivity index (χ2n) is 5.31. The van der Waals surface area contributed by atoms with Gasteiger partial charge in [-0.15, -0.1) is 11.3 Å². The molecule has 3 rings (SSSR count). The molecular formula is C17H14FIN2O2S. The highest BCUT2D eigenvalue weighted by Gasteiger charge is 2.21. The molecule has 1 aromatic carbocycles. The average molecular weight is 456 g/mol. The molecule has 0 saturated heterocycles. The van der Waals surface area contributed by atoms with Crippen LogP contribution in [0.5, 0.6) is 0 Å². The third kappa shape index (κ3) is 3.42. The summed E-state index contributed by atoms with van der Waals surface area (Å²) in [6.45, 7) is 1.92. The van der Waals surface area contributed by atoms with E-state index in [9.17, 15) is 9.18 Å². The van der Waals surface area contributed by atoms with Gasteiger partial charge in [-0.25, -0.2) is 14.9 Å². The summed E-state index contributed by atoms with van der Waals surface area (Å²) in [6, 6.07) is 7.00. The Morgan fingerprint density at radius 3 is 2.92 bits per heavy atom. The first-order chi connectivity index (χ1) is 11.5. The molecule has 0 atom stereocenters. The van der Waals surface area contributed by atoms with Crippen LogP contribution in [0.3, 0.4) is 0 Å². The number of aryl methyl sites for hydroxylation is 1. The molecule has 0 fully saturated rings. The molecule has 0 saturated carbocycles. The third-order valence-electron chi connectivity index (χ3n) is 3.54. The van der Waals surface area contributed by atoms with E-state index in [1.54, 1.807) is 12.3 Å². The maximum atomic E-state index is 14.2. The fourth-order valence-electron chi connectivity index (χ4n) is 2.49. The van der Waals surface area contributed by atoms with Crippen LogP contribution < -0.4 is 5.48 Å². The van der Waals surface area contributed by atoms with Crippen molar-refractivity contribution >= 4 is 50.1 Å². The number of halogens is 2. The van der Waals surface area contributed by atoms with Crippen LogP contribution in [0.2, 0.25) is 0 Å². The molecule has 0 spiro atoms. The van der Waals surface area contributed by atoms with E-state index < -0.39 is 0 Å². The Labute approximate surface area is 156 Å². The Morgan fingerprint density at radius 1 is 1.42 bits per heavy atom. The molecule has 0 aliphatic carbocycles. The number of hydroxylamine groups is 1. The first-order valence-electron chi connectivity index (χ1n) is 7.15. The molecule has 2 heterocycles. The van der Waals surface area contributed by atoms with Crippen molar-refractivity contribution in [2.75, 3.05) is 7.11 Å². The Morgan fingerprint density at radius 2 is 2.21 bits per heavy atom. The van der Waals surface area contributed by atoms with E-state index in [2.05, 4.69) is 33.1 Å². The highest BCUT2D eigenvalue weighted by molar-refractivity contribution is 14.1. The highest BCUT2D eigenvalue weighted by atomic mass is 127. The van der Waals surface area contributed by atoms with Crippen molar-refractivity contribution in [1.82, 2.24) is 10.5 Å². The van der Waals surface area contributed by atoms with Crippen LogP contribution >= 0.6 is 33.9 Å². The van der Waals surface area contributed by atoms with Gasteiger partial charge in [0.25, 0.3) is 5.91 Å². The van der Waals surface area contributed by atoms with Gasteiger partial charge in [-0.05, 0) is 58.8 Å². The summed E-state index contributed by atoms with van der Waals surface area (Å²) in [5.41, 5.74) is 4.35. The second kappa shape index (κ2) is 7.12. The number of hydrogen-bond acceptors (Lipinski definition) is 4. The van der Waals surface area contributed by atoms with E-state index in [1.807, 2.05) is 19.1 Å². The lowest BCUT2D eigenvalue weighted by atomic mass is 10.0. The number of nitrogens with one attached hydrogen (secondary N) is 1. The predicted octanol–water partition coefficient (Wildman–Crippen LogP) is 4.23. The van der Waals surface area contributed by atoms with Crippen molar-refractivity contribution in [1.29, 1.82) is 0 Å². The number of fused-ring (bicyclic) bond motifs is 1. The number of hydrogen-bond donors (Lipinski definition) is 1. The maximum absolute atomic E-state index is 14.2. The van der Waals surface area contributed by atoms with Gasteiger partial charge in [0.1, 0.15) is 10.6 Å². The van der Waals surface area contributed by atoms with Gasteiger partial charge in [-0.2, -0.15) is 0 Å². The van der Waals surface area contributed by atoms with Gasteiger partial charge in [0, 0.05) is 26.5 Å². The largest absolute Gasteiger partial charge is 0.277 e. The SMILES string of the molecule is CONC(=O)c1c(Cc2ccc(I)cc2F)sc2ncc(C)cc12. The van der Waals surface area contributed by atoms with Crippen molar-refractivity contribution in [3.63, 3.8) is 0 Å². The number of carbonyl (C=O) groups excluding carboxylic acids is 1. The molecule has 24 heavy (non-hydrogen) atoms. The number of aromatic nitrogens is 1. The molecule has 0 unspecified atom stereocenters. The van der Waals surface area contributed by atoms with Crippen LogP contribution in [0.1, 0.15) is 26.4 Å². The van der Waals surface area contributed by atoms with Gasteiger partial charge in [-0.1, -0.05) is 6.07 Å². The predicted molar refractivity (Wildman–Crippen MR) is 101 cm³/mol. The number of carbonyl (C=O) groups is 1. The van der Waals surface area contributed by atoms with Crippen LogP contribution in [0.15, 0.2) is 30.5 Å². The summed E-state index contributed by atoms with van der Waals surface area (Å²) >= 11 is 3.47. The molecule has 124 valence electrons. The van der Waals surface area contributed by atoms with Crippen LogP contribution in [-0.2, 0) is 11.3 Å². The van der Waals surface area contributed by atoms with Gasteiger partial charge in [0.15, 0.2) is 0 Å². The molecular weight excluding hydrogens is 442 g/mol. The lowest BCUT2D eigenvalue weighted by molar-refractivity contribution is 0.0539. The van der Waals surface area contributed by atoms with Gasteiger partial charge < -0.3 is 0 Å². The second-order valence-corrected chi connectivity index (χ2v) is 7.64. The van der Waals surface area contributed by atoms with Crippen LogP contribution in [0.25, 0.3) is 10.2 Å². The smallest absolute Gasteiger partial charge is 0.276 e. The number of rotatable bonds is 4. The van der Waals surface area contributed by atoms with Crippen molar-refractivity contribution in [3.8, 4) is 0 Å². The zero-order valence-corrected chi connectivity index (χ0v) is 16.0. The molecule has 0 bridgehead atoms. The van der Waals surface area contributed by atoms with Gasteiger partial charge >= 0.3 is 0 Å². The molecule has 1 amide bonds. The lowest BCUT2D eigenvalue weighted by Crippen LogP contribution is -2.22. The van der Waals surface area contributed by atoms with Gasteiger partial charge in [-0.3, -0.25) is 9.63 Å². The normalized spacial score (nSPS) is 11.0. The summed E-state index contributed by atoms with van der Waals surface area (Å²) < 4.78 is 15.0. The summed E-state index contributed by atoms with van der Waals surface area (Å²) in [5, 5.41) is 0.760. The molecule has 2 aromatic heterocycles. The minimum atomic E-state index is -0.350. The number of nitrogens with zero attached hydrogens (tertiary/aromatic N) is 1. The van der Waals surface area contributed by atoms with Crippen LogP contribution in [0.4, 0.5) is 4.39 Å². The lowest BCUT2D eigenvalue weighted by Gasteiger charge is -2.06. The molecule has 0 aliphatic rings. The summed E-state index contributed by atoms with van der Waals surface area (Å²) in [5.74, 6) is -0.626. The van der Waals surface area contributed by atoms with Crippen molar-refractivity contribution in [3.05, 3.63) is 61.4 Å². The van der Waals surface area contributed by atoms with E-state index in [4.69, 9.17) is 4.84 Å². The Kier molecular flexibility index (Phi) is 5.12. The van der Waals surface area contributed by atoms with Crippen molar-refractivity contribution < 1.29 is 14.0 Å². The van der Waals surface area contributed by atoms with Gasteiger partial charge in [0.2, 0.25) is 0 Å². The Bertz CT molecular complexity index is 926. The Hall–Kier alpha value is -1.58. The summed E-state index contributed by atoms with van der Waals surface area (Å²) in [7, 11) is 1.38. The summed E-state index contributed by atoms with van der Waals surface area (Å²) in [4.78, 5) is 23.1. The van der Waals surface area contributed by atoms with E-state index in [0.717, 1.165) is 24.2 Å². The number of pyridine rings is 1. The van der Waals surface area contributed by atoms with Crippen molar-refractivity contribution in [2.24, 2.45) is 0 Å². The van der Waals surface area contributed by atoms with Crippen LogP contribution in [0, 0.1) is 16.3 Å². The quantitative estimate of drug-likeness (QED) is 0.473. The van der Waals surface area contributed by atoms with E-state index in [0.29, 0.717) is 17.5 Å². The minimum absolute atomic E-state index is 0.276.